The van der Waals surface area contributed by atoms with E-state index in [1.165, 1.54) is 43.2 Å². The molecule has 3 aliphatic rings. The average Bonchev–Trinajstić information content (AvgIpc) is 3.13. The van der Waals surface area contributed by atoms with Crippen LogP contribution < -0.4 is 4.74 Å². The molecule has 1 aromatic heterocycles. The van der Waals surface area contributed by atoms with E-state index >= 15 is 0 Å². The van der Waals surface area contributed by atoms with E-state index in [2.05, 4.69) is 27.8 Å². The molecule has 1 saturated carbocycles. The molecular weight excluding hydrogens is 354 g/mol. The predicted molar refractivity (Wildman–Crippen MR) is 108 cm³/mol. The molecule has 0 bridgehead atoms. The minimum atomic E-state index is -0.725. The summed E-state index contributed by atoms with van der Waals surface area (Å²) in [6.45, 7) is 8.92. The van der Waals surface area contributed by atoms with Crippen molar-refractivity contribution in [3.8, 4) is 5.88 Å². The van der Waals surface area contributed by atoms with Gasteiger partial charge in [0, 0.05) is 37.5 Å². The summed E-state index contributed by atoms with van der Waals surface area (Å²) in [5.41, 5.74) is 3.01. The Morgan fingerprint density at radius 3 is 2.71 bits per heavy atom. The summed E-state index contributed by atoms with van der Waals surface area (Å²) >= 11 is 0. The summed E-state index contributed by atoms with van der Waals surface area (Å²) in [4.78, 5) is 9.22. The molecule has 6 heteroatoms. The molecule has 1 unspecified atom stereocenters. The maximum absolute atomic E-state index is 10.1. The molecule has 2 aliphatic heterocycles. The van der Waals surface area contributed by atoms with Crippen LogP contribution >= 0.6 is 0 Å². The third kappa shape index (κ3) is 3.80. The lowest BCUT2D eigenvalue weighted by Gasteiger charge is -2.52. The monoisotopic (exact) mass is 389 g/mol. The molecule has 28 heavy (non-hydrogen) atoms. The maximum Gasteiger partial charge on any atom is 0.216 e. The van der Waals surface area contributed by atoms with Crippen LogP contribution in [-0.4, -0.2) is 72.2 Å². The Morgan fingerprint density at radius 1 is 1.29 bits per heavy atom. The maximum atomic E-state index is 10.1. The van der Waals surface area contributed by atoms with E-state index in [4.69, 9.17) is 9.47 Å². The molecule has 1 atom stereocenters. The SMILES string of the molecule is CCOC(O)N1CCC2(CC(N3CCC(c4c(C)ccnc4OC)CC3)C2)C1. The van der Waals surface area contributed by atoms with Crippen molar-refractivity contribution < 1.29 is 14.6 Å². The summed E-state index contributed by atoms with van der Waals surface area (Å²) in [6, 6.07) is 2.81. The molecule has 1 aliphatic carbocycles. The van der Waals surface area contributed by atoms with Gasteiger partial charge in [0.2, 0.25) is 12.3 Å². The van der Waals surface area contributed by atoms with Crippen molar-refractivity contribution >= 4 is 0 Å². The standard InChI is InChI=1S/C22H35N3O3/c1-4-28-21(26)25-12-8-22(15-25)13-18(14-22)24-10-6-17(7-11-24)19-16(2)5-9-23-20(19)27-3/h5,9,17-18,21,26H,4,6-8,10-15H2,1-3H3. The second-order valence-electron chi connectivity index (χ2n) is 8.93. The van der Waals surface area contributed by atoms with Crippen LogP contribution in [0.15, 0.2) is 12.3 Å². The van der Waals surface area contributed by atoms with Crippen molar-refractivity contribution in [1.29, 1.82) is 0 Å². The summed E-state index contributed by atoms with van der Waals surface area (Å²) in [5.74, 6) is 1.36. The first kappa shape index (κ1) is 20.1. The lowest BCUT2D eigenvalue weighted by molar-refractivity contribution is -0.188. The van der Waals surface area contributed by atoms with E-state index in [-0.39, 0.29) is 0 Å². The van der Waals surface area contributed by atoms with Crippen LogP contribution in [0.1, 0.15) is 56.1 Å². The van der Waals surface area contributed by atoms with Crippen molar-refractivity contribution in [2.24, 2.45) is 5.41 Å². The smallest absolute Gasteiger partial charge is 0.216 e. The number of nitrogens with zero attached hydrogens (tertiary/aromatic N) is 3. The number of ether oxygens (including phenoxy) is 2. The molecule has 3 fully saturated rings. The summed E-state index contributed by atoms with van der Waals surface area (Å²) < 4.78 is 10.9. The fourth-order valence-corrected chi connectivity index (χ4v) is 5.70. The molecule has 2 saturated heterocycles. The lowest BCUT2D eigenvalue weighted by atomic mass is 9.64. The second kappa shape index (κ2) is 8.27. The number of aromatic nitrogens is 1. The van der Waals surface area contributed by atoms with Crippen molar-refractivity contribution in [3.05, 3.63) is 23.4 Å². The van der Waals surface area contributed by atoms with Crippen molar-refractivity contribution in [2.75, 3.05) is 39.9 Å². The number of pyridine rings is 1. The number of aliphatic hydroxyl groups excluding tert-OH is 1. The first-order chi connectivity index (χ1) is 13.5. The van der Waals surface area contributed by atoms with E-state index in [0.29, 0.717) is 24.0 Å². The third-order valence-corrected chi connectivity index (χ3v) is 7.25. The van der Waals surface area contributed by atoms with Gasteiger partial charge in [-0.2, -0.15) is 0 Å². The third-order valence-electron chi connectivity index (χ3n) is 7.25. The largest absolute Gasteiger partial charge is 0.481 e. The topological polar surface area (TPSA) is 58.1 Å². The number of methoxy groups -OCH3 is 1. The van der Waals surface area contributed by atoms with Crippen molar-refractivity contribution in [1.82, 2.24) is 14.8 Å². The molecule has 4 rings (SSSR count). The highest BCUT2D eigenvalue weighted by Gasteiger charge is 2.51. The number of aliphatic hydroxyl groups is 1. The normalized spacial score (nSPS) is 30.5. The summed E-state index contributed by atoms with van der Waals surface area (Å²) in [5, 5.41) is 10.1. The zero-order valence-electron chi connectivity index (χ0n) is 17.6. The van der Waals surface area contributed by atoms with E-state index in [9.17, 15) is 5.11 Å². The van der Waals surface area contributed by atoms with E-state index < -0.39 is 6.41 Å². The van der Waals surface area contributed by atoms with Crippen molar-refractivity contribution in [3.63, 3.8) is 0 Å². The Bertz CT molecular complexity index is 669. The molecular formula is C22H35N3O3. The van der Waals surface area contributed by atoms with Gasteiger partial charge in [0.25, 0.3) is 0 Å². The Labute approximate surface area is 168 Å². The molecule has 1 N–H and O–H groups in total. The Morgan fingerprint density at radius 2 is 2.04 bits per heavy atom. The van der Waals surface area contributed by atoms with Crippen LogP contribution in [0, 0.1) is 12.3 Å². The number of hydrogen-bond donors (Lipinski definition) is 1. The highest BCUT2D eigenvalue weighted by Crippen LogP contribution is 2.51. The lowest BCUT2D eigenvalue weighted by Crippen LogP contribution is -2.54. The molecule has 156 valence electrons. The van der Waals surface area contributed by atoms with E-state index in [1.807, 2.05) is 13.1 Å². The fraction of sp³-hybridized carbons (Fsp3) is 0.773. The molecule has 6 nitrogen and oxygen atoms in total. The summed E-state index contributed by atoms with van der Waals surface area (Å²) in [6.07, 6.45) is 7.20. The number of piperidine rings is 1. The summed E-state index contributed by atoms with van der Waals surface area (Å²) in [7, 11) is 1.72. The molecule has 3 heterocycles. The van der Waals surface area contributed by atoms with Gasteiger partial charge >= 0.3 is 0 Å². The quantitative estimate of drug-likeness (QED) is 0.755. The van der Waals surface area contributed by atoms with Gasteiger partial charge in [-0.15, -0.1) is 0 Å². The van der Waals surface area contributed by atoms with Gasteiger partial charge in [-0.1, -0.05) is 0 Å². The predicted octanol–water partition coefficient (Wildman–Crippen LogP) is 2.74. The zero-order valence-corrected chi connectivity index (χ0v) is 17.6. The van der Waals surface area contributed by atoms with Crippen LogP contribution in [0.25, 0.3) is 0 Å². The van der Waals surface area contributed by atoms with Gasteiger partial charge in [0.05, 0.1) is 7.11 Å². The van der Waals surface area contributed by atoms with Gasteiger partial charge < -0.3 is 19.5 Å². The van der Waals surface area contributed by atoms with Gasteiger partial charge in [-0.05, 0) is 82.0 Å². The average molecular weight is 390 g/mol. The van der Waals surface area contributed by atoms with Crippen LogP contribution in [0.3, 0.4) is 0 Å². The molecule has 1 spiro atoms. The Hall–Kier alpha value is -1.21. The molecule has 0 amide bonds. The zero-order chi connectivity index (χ0) is 19.7. The van der Waals surface area contributed by atoms with Gasteiger partial charge in [-0.3, -0.25) is 4.90 Å². The number of aryl methyl sites for hydroxylation is 1. The number of rotatable bonds is 6. The van der Waals surface area contributed by atoms with Crippen molar-refractivity contribution in [2.45, 2.75) is 64.3 Å². The first-order valence-electron chi connectivity index (χ1n) is 10.8. The highest BCUT2D eigenvalue weighted by molar-refractivity contribution is 5.37. The van der Waals surface area contributed by atoms with E-state index in [0.717, 1.165) is 32.1 Å². The van der Waals surface area contributed by atoms with Gasteiger partial charge in [0.15, 0.2) is 0 Å². The molecule has 0 radical (unpaired) electrons. The van der Waals surface area contributed by atoms with Crippen LogP contribution in [0.2, 0.25) is 0 Å². The first-order valence-corrected chi connectivity index (χ1v) is 10.8. The Balaban J connectivity index is 1.29. The fourth-order valence-electron chi connectivity index (χ4n) is 5.70. The molecule has 1 aromatic rings. The van der Waals surface area contributed by atoms with Crippen LogP contribution in [0.5, 0.6) is 5.88 Å². The van der Waals surface area contributed by atoms with E-state index in [1.54, 1.807) is 7.11 Å². The van der Waals surface area contributed by atoms with Gasteiger partial charge in [0.1, 0.15) is 0 Å². The minimum Gasteiger partial charge on any atom is -0.481 e. The number of hydrogen-bond acceptors (Lipinski definition) is 6. The highest BCUT2D eigenvalue weighted by atomic mass is 16.6. The van der Waals surface area contributed by atoms with Crippen LogP contribution in [0.4, 0.5) is 0 Å². The second-order valence-corrected chi connectivity index (χ2v) is 8.93. The van der Waals surface area contributed by atoms with Gasteiger partial charge in [-0.25, -0.2) is 4.98 Å². The van der Waals surface area contributed by atoms with Crippen LogP contribution in [-0.2, 0) is 4.74 Å². The molecule has 0 aromatic carbocycles. The minimum absolute atomic E-state index is 0.406. The Kier molecular flexibility index (Phi) is 5.93. The number of likely N-dealkylation sites (tertiary alicyclic amines) is 2.